The second kappa shape index (κ2) is 5.59. The number of hydrogen-bond donors (Lipinski definition) is 1. The van der Waals surface area contributed by atoms with E-state index in [1.807, 2.05) is 32.0 Å². The highest BCUT2D eigenvalue weighted by molar-refractivity contribution is 5.46. The number of nitrogens with zero attached hydrogens (tertiary/aromatic N) is 1. The van der Waals surface area contributed by atoms with Gasteiger partial charge in [-0.05, 0) is 31.5 Å². The molecule has 3 nitrogen and oxygen atoms in total. The van der Waals surface area contributed by atoms with E-state index in [-0.39, 0.29) is 5.82 Å². The van der Waals surface area contributed by atoms with Crippen LogP contribution in [-0.4, -0.2) is 12.1 Å². The van der Waals surface area contributed by atoms with Crippen molar-refractivity contribution in [2.45, 2.75) is 25.8 Å². The van der Waals surface area contributed by atoms with Crippen LogP contribution in [0.15, 0.2) is 36.5 Å². The highest BCUT2D eigenvalue weighted by Gasteiger charge is 2.32. The van der Waals surface area contributed by atoms with Crippen LogP contribution in [0.4, 0.5) is 4.39 Å². The predicted octanol–water partition coefficient (Wildman–Crippen LogP) is 3.15. The maximum Gasteiger partial charge on any atom is 0.141 e. The fourth-order valence-electron chi connectivity index (χ4n) is 2.32. The molecule has 20 heavy (non-hydrogen) atoms. The summed E-state index contributed by atoms with van der Waals surface area (Å²) in [7, 11) is 1.61. The Bertz CT molecular complexity index is 598. The van der Waals surface area contributed by atoms with Gasteiger partial charge >= 0.3 is 0 Å². The number of aromatic nitrogens is 1. The molecule has 0 bridgehead atoms. The molecule has 0 saturated heterocycles. The van der Waals surface area contributed by atoms with Crippen molar-refractivity contribution in [1.82, 2.24) is 4.98 Å². The van der Waals surface area contributed by atoms with E-state index in [0.29, 0.717) is 17.9 Å². The van der Waals surface area contributed by atoms with Gasteiger partial charge in [0.15, 0.2) is 0 Å². The van der Waals surface area contributed by atoms with Gasteiger partial charge < -0.3 is 10.5 Å². The summed E-state index contributed by atoms with van der Waals surface area (Å²) >= 11 is 0. The first-order valence-electron chi connectivity index (χ1n) is 6.57. The zero-order chi connectivity index (χ0) is 14.8. The number of methoxy groups -OCH3 is 1. The van der Waals surface area contributed by atoms with Crippen LogP contribution >= 0.6 is 0 Å². The van der Waals surface area contributed by atoms with E-state index in [9.17, 15) is 4.39 Å². The van der Waals surface area contributed by atoms with Crippen molar-refractivity contribution in [2.24, 2.45) is 5.73 Å². The molecule has 4 heteroatoms. The van der Waals surface area contributed by atoms with Gasteiger partial charge in [-0.15, -0.1) is 0 Å². The van der Waals surface area contributed by atoms with Crippen molar-refractivity contribution in [1.29, 1.82) is 0 Å². The highest BCUT2D eigenvalue weighted by atomic mass is 19.1. The van der Waals surface area contributed by atoms with Crippen molar-refractivity contribution in [3.8, 4) is 5.75 Å². The van der Waals surface area contributed by atoms with Gasteiger partial charge in [-0.3, -0.25) is 4.98 Å². The quantitative estimate of drug-likeness (QED) is 0.931. The molecule has 1 aromatic heterocycles. The van der Waals surface area contributed by atoms with E-state index in [4.69, 9.17) is 10.5 Å². The van der Waals surface area contributed by atoms with E-state index in [0.717, 1.165) is 11.1 Å². The average Bonchev–Trinajstić information content (AvgIpc) is 2.47. The summed E-state index contributed by atoms with van der Waals surface area (Å²) in [6.07, 6.45) is 1.82. The highest BCUT2D eigenvalue weighted by Crippen LogP contribution is 2.35. The fraction of sp³-hybridized carbons (Fsp3) is 0.312. The number of aryl methyl sites for hydroxylation is 1. The van der Waals surface area contributed by atoms with Gasteiger partial charge in [0.25, 0.3) is 0 Å². The van der Waals surface area contributed by atoms with Crippen molar-refractivity contribution in [3.05, 3.63) is 59.2 Å². The Hall–Kier alpha value is -1.94. The van der Waals surface area contributed by atoms with Crippen LogP contribution in [0.2, 0.25) is 0 Å². The van der Waals surface area contributed by atoms with Gasteiger partial charge in [-0.2, -0.15) is 0 Å². The van der Waals surface area contributed by atoms with E-state index in [1.165, 1.54) is 12.3 Å². The second-order valence-corrected chi connectivity index (χ2v) is 4.89. The van der Waals surface area contributed by atoms with Crippen LogP contribution in [0.1, 0.15) is 30.2 Å². The van der Waals surface area contributed by atoms with Crippen LogP contribution in [-0.2, 0) is 5.54 Å². The van der Waals surface area contributed by atoms with Gasteiger partial charge in [0, 0.05) is 5.56 Å². The maximum atomic E-state index is 13.1. The van der Waals surface area contributed by atoms with Gasteiger partial charge in [-0.25, -0.2) is 4.39 Å². The molecule has 0 saturated carbocycles. The smallest absolute Gasteiger partial charge is 0.141 e. The molecule has 1 atom stereocenters. The van der Waals surface area contributed by atoms with E-state index < -0.39 is 5.54 Å². The molecule has 0 radical (unpaired) electrons. The number of hydrogen-bond acceptors (Lipinski definition) is 3. The molecule has 0 fully saturated rings. The summed E-state index contributed by atoms with van der Waals surface area (Å²) in [4.78, 5) is 4.15. The van der Waals surface area contributed by atoms with Gasteiger partial charge in [-0.1, -0.05) is 24.6 Å². The fourth-order valence-corrected chi connectivity index (χ4v) is 2.32. The molecule has 1 unspecified atom stereocenters. The molecule has 0 amide bonds. The summed E-state index contributed by atoms with van der Waals surface area (Å²) in [5, 5.41) is 0. The van der Waals surface area contributed by atoms with Gasteiger partial charge in [0.05, 0.1) is 24.5 Å². The minimum absolute atomic E-state index is 0.372. The Morgan fingerprint density at radius 2 is 2.05 bits per heavy atom. The first-order chi connectivity index (χ1) is 9.51. The standard InChI is InChI=1S/C16H19FN2O/c1-4-16(18,15-8-6-12(17)10-19-15)13-9-11(2)5-7-14(13)20-3/h5-10H,4,18H2,1-3H3. The normalized spacial score (nSPS) is 13.8. The minimum atomic E-state index is -0.801. The zero-order valence-corrected chi connectivity index (χ0v) is 12.0. The van der Waals surface area contributed by atoms with Crippen LogP contribution in [0.5, 0.6) is 5.75 Å². The average molecular weight is 274 g/mol. The summed E-state index contributed by atoms with van der Waals surface area (Å²) in [6.45, 7) is 3.98. The Kier molecular flexibility index (Phi) is 4.04. The molecule has 0 spiro atoms. The van der Waals surface area contributed by atoms with E-state index >= 15 is 0 Å². The molecule has 0 aliphatic rings. The molecular formula is C16H19FN2O. The molecule has 1 aromatic carbocycles. The van der Waals surface area contributed by atoms with Crippen molar-refractivity contribution in [2.75, 3.05) is 7.11 Å². The first-order valence-corrected chi connectivity index (χ1v) is 6.57. The predicted molar refractivity (Wildman–Crippen MR) is 77.2 cm³/mol. The number of pyridine rings is 1. The van der Waals surface area contributed by atoms with E-state index in [1.54, 1.807) is 13.2 Å². The van der Waals surface area contributed by atoms with Crippen molar-refractivity contribution < 1.29 is 9.13 Å². The van der Waals surface area contributed by atoms with Gasteiger partial charge in [0.1, 0.15) is 11.6 Å². The number of benzene rings is 1. The third-order valence-corrected chi connectivity index (χ3v) is 3.58. The Balaban J connectivity index is 2.61. The molecule has 0 aliphatic heterocycles. The summed E-state index contributed by atoms with van der Waals surface area (Å²) in [6, 6.07) is 8.86. The Labute approximate surface area is 118 Å². The van der Waals surface area contributed by atoms with Crippen molar-refractivity contribution in [3.63, 3.8) is 0 Å². The number of halogens is 1. The van der Waals surface area contributed by atoms with Crippen LogP contribution in [0.25, 0.3) is 0 Å². The number of rotatable bonds is 4. The number of nitrogens with two attached hydrogens (primary N) is 1. The molecule has 1 heterocycles. The maximum absolute atomic E-state index is 13.1. The summed E-state index contributed by atoms with van der Waals surface area (Å²) < 4.78 is 18.5. The summed E-state index contributed by atoms with van der Waals surface area (Å²) in [5.74, 6) is 0.342. The summed E-state index contributed by atoms with van der Waals surface area (Å²) in [5.41, 5.74) is 8.35. The lowest BCUT2D eigenvalue weighted by Crippen LogP contribution is -2.38. The largest absolute Gasteiger partial charge is 0.496 e. The lowest BCUT2D eigenvalue weighted by Gasteiger charge is -2.30. The third kappa shape index (κ3) is 2.51. The number of ether oxygens (including phenoxy) is 1. The van der Waals surface area contributed by atoms with E-state index in [2.05, 4.69) is 4.98 Å². The molecule has 2 N–H and O–H groups in total. The first kappa shape index (κ1) is 14.5. The topological polar surface area (TPSA) is 48.1 Å². The lowest BCUT2D eigenvalue weighted by atomic mass is 9.83. The Morgan fingerprint density at radius 3 is 2.60 bits per heavy atom. The van der Waals surface area contributed by atoms with Gasteiger partial charge in [0.2, 0.25) is 0 Å². The molecule has 2 aromatic rings. The third-order valence-electron chi connectivity index (χ3n) is 3.58. The van der Waals surface area contributed by atoms with Crippen LogP contribution < -0.4 is 10.5 Å². The minimum Gasteiger partial charge on any atom is -0.496 e. The molecular weight excluding hydrogens is 255 g/mol. The monoisotopic (exact) mass is 274 g/mol. The SMILES string of the molecule is CCC(N)(c1ccc(F)cn1)c1cc(C)ccc1OC. The van der Waals surface area contributed by atoms with Crippen LogP contribution in [0.3, 0.4) is 0 Å². The molecule has 106 valence electrons. The lowest BCUT2D eigenvalue weighted by molar-refractivity contribution is 0.389. The van der Waals surface area contributed by atoms with Crippen molar-refractivity contribution >= 4 is 0 Å². The zero-order valence-electron chi connectivity index (χ0n) is 12.0. The molecule has 2 rings (SSSR count). The molecule has 0 aliphatic carbocycles. The van der Waals surface area contributed by atoms with Crippen LogP contribution in [0, 0.1) is 12.7 Å². The second-order valence-electron chi connectivity index (χ2n) is 4.89. The Morgan fingerprint density at radius 1 is 1.30 bits per heavy atom.